The molecule has 4 rings (SSSR count). The molecule has 1 aromatic heterocycles. The number of benzene rings is 2. The van der Waals surface area contributed by atoms with Crippen LogP contribution in [0.2, 0.25) is 0 Å². The molecule has 0 aliphatic carbocycles. The molecule has 0 saturated carbocycles. The molecule has 44 heavy (non-hydrogen) atoms. The molecule has 13 heteroatoms. The van der Waals surface area contributed by atoms with Gasteiger partial charge in [0, 0.05) is 33.4 Å². The van der Waals surface area contributed by atoms with Gasteiger partial charge in [0.15, 0.2) is 6.61 Å². The van der Waals surface area contributed by atoms with Gasteiger partial charge in [-0.05, 0) is 56.0 Å². The quantitative estimate of drug-likeness (QED) is 0.287. The number of carbonyl (C=O) groups is 4. The zero-order chi connectivity index (χ0) is 31.4. The van der Waals surface area contributed by atoms with Gasteiger partial charge < -0.3 is 29.7 Å². The molecule has 0 saturated heterocycles. The number of fused-ring (bicyclic) bond motifs is 2. The van der Waals surface area contributed by atoms with Gasteiger partial charge in [-0.3, -0.25) is 19.2 Å². The van der Waals surface area contributed by atoms with Crippen molar-refractivity contribution in [3.05, 3.63) is 72.3 Å². The van der Waals surface area contributed by atoms with Gasteiger partial charge >= 0.3 is 5.97 Å². The van der Waals surface area contributed by atoms with Gasteiger partial charge in [-0.15, -0.1) is 0 Å². The lowest BCUT2D eigenvalue weighted by Gasteiger charge is -2.32. The van der Waals surface area contributed by atoms with Gasteiger partial charge in [-0.1, -0.05) is 24.3 Å². The van der Waals surface area contributed by atoms with Gasteiger partial charge in [-0.2, -0.15) is 5.10 Å². The predicted octanol–water partition coefficient (Wildman–Crippen LogP) is 1.55. The first-order valence-electron chi connectivity index (χ1n) is 14.5. The maximum atomic E-state index is 13.8. The van der Waals surface area contributed by atoms with Crippen molar-refractivity contribution < 1.29 is 33.4 Å². The number of rotatable bonds is 8. The molecule has 1 unspecified atom stereocenters. The summed E-state index contributed by atoms with van der Waals surface area (Å²) in [5, 5.41) is 9.78. The minimum absolute atomic E-state index is 0.0201. The second-order valence-electron chi connectivity index (χ2n) is 10.4. The van der Waals surface area contributed by atoms with Crippen LogP contribution in [0.25, 0.3) is 5.69 Å². The second-order valence-corrected chi connectivity index (χ2v) is 10.4. The molecular weight excluding hydrogens is 568 g/mol. The van der Waals surface area contributed by atoms with E-state index in [1.165, 1.54) is 22.2 Å². The molecule has 3 amide bonds. The topological polar surface area (TPSA) is 154 Å². The molecule has 2 heterocycles. The van der Waals surface area contributed by atoms with Crippen molar-refractivity contribution >= 4 is 23.7 Å². The van der Waals surface area contributed by atoms with Crippen LogP contribution >= 0.6 is 0 Å². The third-order valence-corrected chi connectivity index (χ3v) is 7.27. The lowest BCUT2D eigenvalue weighted by Crippen LogP contribution is -2.49. The van der Waals surface area contributed by atoms with Gasteiger partial charge in [0.1, 0.15) is 18.4 Å². The maximum Gasteiger partial charge on any atom is 0.314 e. The van der Waals surface area contributed by atoms with Crippen LogP contribution < -0.4 is 15.4 Å². The summed E-state index contributed by atoms with van der Waals surface area (Å²) in [5.74, 6) is -1.28. The largest absolute Gasteiger partial charge is 0.484 e. The fourth-order valence-corrected chi connectivity index (χ4v) is 5.10. The van der Waals surface area contributed by atoms with E-state index in [0.717, 1.165) is 5.56 Å². The van der Waals surface area contributed by atoms with Crippen molar-refractivity contribution in [3.8, 4) is 11.4 Å². The summed E-state index contributed by atoms with van der Waals surface area (Å²) in [7, 11) is 1.58. The van der Waals surface area contributed by atoms with E-state index in [4.69, 9.17) is 14.2 Å². The molecule has 2 bridgehead atoms. The minimum atomic E-state index is -1.12. The van der Waals surface area contributed by atoms with Crippen LogP contribution in [-0.4, -0.2) is 96.5 Å². The highest BCUT2D eigenvalue weighted by atomic mass is 16.5. The van der Waals surface area contributed by atoms with Gasteiger partial charge in [-0.25, -0.2) is 9.67 Å². The SMILES string of the molecule is CCOC(=O)C1(CCCOC)CNC(=O)CN(C(=O)c2ccccc2-n2cncn2)CCNC(=O)COc2cccc(c2)C1. The number of amides is 3. The highest BCUT2D eigenvalue weighted by molar-refractivity contribution is 5.99. The number of esters is 1. The van der Waals surface area contributed by atoms with Gasteiger partial charge in [0.2, 0.25) is 5.91 Å². The number of methoxy groups -OCH3 is 1. The Bertz CT molecular complexity index is 1430. The van der Waals surface area contributed by atoms with Crippen LogP contribution in [0.15, 0.2) is 61.2 Å². The highest BCUT2D eigenvalue weighted by Gasteiger charge is 2.40. The van der Waals surface area contributed by atoms with Crippen molar-refractivity contribution in [1.82, 2.24) is 30.3 Å². The molecule has 234 valence electrons. The molecule has 3 aromatic rings. The lowest BCUT2D eigenvalue weighted by molar-refractivity contribution is -0.156. The average Bonchev–Trinajstić information content (AvgIpc) is 3.57. The van der Waals surface area contributed by atoms with Crippen LogP contribution in [0.1, 0.15) is 35.7 Å². The number of nitrogens with one attached hydrogen (secondary N) is 2. The number of ether oxygens (including phenoxy) is 3. The van der Waals surface area contributed by atoms with Crippen LogP contribution in [0.3, 0.4) is 0 Å². The Hall–Kier alpha value is -4.78. The van der Waals surface area contributed by atoms with E-state index in [2.05, 4.69) is 20.7 Å². The van der Waals surface area contributed by atoms with E-state index in [1.54, 1.807) is 56.5 Å². The summed E-state index contributed by atoms with van der Waals surface area (Å²) in [4.78, 5) is 58.7. The van der Waals surface area contributed by atoms with Crippen molar-refractivity contribution in [2.75, 3.05) is 53.1 Å². The van der Waals surface area contributed by atoms with Gasteiger partial charge in [0.05, 0.1) is 29.8 Å². The Labute approximate surface area is 255 Å². The second kappa shape index (κ2) is 15.6. The normalized spacial score (nSPS) is 18.1. The van der Waals surface area contributed by atoms with E-state index in [0.29, 0.717) is 36.4 Å². The molecule has 0 spiro atoms. The molecule has 1 aliphatic heterocycles. The molecule has 2 aromatic carbocycles. The Morgan fingerprint density at radius 2 is 1.93 bits per heavy atom. The molecule has 13 nitrogen and oxygen atoms in total. The van der Waals surface area contributed by atoms with E-state index >= 15 is 0 Å². The number of para-hydroxylation sites is 1. The van der Waals surface area contributed by atoms with Crippen molar-refractivity contribution in [2.24, 2.45) is 5.41 Å². The average molecular weight is 607 g/mol. The fraction of sp³-hybridized carbons (Fsp3) is 0.419. The smallest absolute Gasteiger partial charge is 0.314 e. The Morgan fingerprint density at radius 1 is 1.09 bits per heavy atom. The number of hydrogen-bond donors (Lipinski definition) is 2. The first-order chi connectivity index (χ1) is 21.3. The van der Waals surface area contributed by atoms with E-state index in [-0.39, 0.29) is 51.7 Å². The molecule has 0 fully saturated rings. The molecular formula is C31H38N6O7. The van der Waals surface area contributed by atoms with Crippen molar-refractivity contribution in [1.29, 1.82) is 0 Å². The first kappa shape index (κ1) is 32.1. The molecule has 2 N–H and O–H groups in total. The lowest BCUT2D eigenvalue weighted by atomic mass is 9.77. The van der Waals surface area contributed by atoms with E-state index < -0.39 is 23.2 Å². The summed E-state index contributed by atoms with van der Waals surface area (Å²) >= 11 is 0. The Balaban J connectivity index is 1.66. The molecule has 0 radical (unpaired) electrons. The number of nitrogens with zero attached hydrogens (tertiary/aromatic N) is 4. The van der Waals surface area contributed by atoms with Crippen molar-refractivity contribution in [3.63, 3.8) is 0 Å². The summed E-state index contributed by atoms with van der Waals surface area (Å²) < 4.78 is 18.0. The third kappa shape index (κ3) is 8.40. The highest BCUT2D eigenvalue weighted by Crippen LogP contribution is 2.32. The summed E-state index contributed by atoms with van der Waals surface area (Å²) in [6.07, 6.45) is 4.00. The first-order valence-corrected chi connectivity index (χ1v) is 14.5. The number of aromatic nitrogens is 3. The Morgan fingerprint density at radius 3 is 2.70 bits per heavy atom. The third-order valence-electron chi connectivity index (χ3n) is 7.27. The van der Waals surface area contributed by atoms with E-state index in [1.807, 2.05) is 6.07 Å². The standard InChI is InChI=1S/C31H38N6O7/c1-3-43-30(41)31(12-7-15-42-2)17-23-8-6-9-24(16-23)44-19-28(39)33-13-14-36(18-27(38)34-20-31)29(40)25-10-4-5-11-26(25)37-22-32-21-35-37/h4-6,8-11,16,21-22H,3,7,12-15,17-20H2,1-2H3,(H,33,39)(H,34,38). The predicted molar refractivity (Wildman–Crippen MR) is 159 cm³/mol. The zero-order valence-electron chi connectivity index (χ0n) is 25.0. The van der Waals surface area contributed by atoms with E-state index in [9.17, 15) is 19.2 Å². The van der Waals surface area contributed by atoms with Crippen LogP contribution in [0.5, 0.6) is 5.75 Å². The Kier molecular flexibility index (Phi) is 11.4. The number of carbonyl (C=O) groups excluding carboxylic acids is 4. The van der Waals surface area contributed by atoms with Crippen LogP contribution in [-0.2, 0) is 30.3 Å². The zero-order valence-corrected chi connectivity index (χ0v) is 25.0. The maximum absolute atomic E-state index is 13.8. The summed E-state index contributed by atoms with van der Waals surface area (Å²) in [5.41, 5.74) is 0.442. The minimum Gasteiger partial charge on any atom is -0.484 e. The molecule has 1 aliphatic rings. The van der Waals surface area contributed by atoms with Crippen molar-refractivity contribution in [2.45, 2.75) is 26.2 Å². The fourth-order valence-electron chi connectivity index (χ4n) is 5.10. The molecule has 1 atom stereocenters. The van der Waals surface area contributed by atoms with Crippen LogP contribution in [0.4, 0.5) is 0 Å². The monoisotopic (exact) mass is 606 g/mol. The van der Waals surface area contributed by atoms with Crippen LogP contribution in [0, 0.1) is 5.41 Å². The summed E-state index contributed by atoms with van der Waals surface area (Å²) in [6.45, 7) is 1.86. The summed E-state index contributed by atoms with van der Waals surface area (Å²) in [6, 6.07) is 14.0. The number of hydrogen-bond acceptors (Lipinski definition) is 9. The van der Waals surface area contributed by atoms with Gasteiger partial charge in [0.25, 0.3) is 11.8 Å².